The number of nitrogens with one attached hydrogen (secondary N) is 2. The Labute approximate surface area is 127 Å². The van der Waals surface area contributed by atoms with Gasteiger partial charge in [0.15, 0.2) is 5.13 Å². The molecule has 0 fully saturated rings. The SMILES string of the molecule is Cc1ccc(NC(=O)CCC(=O)Nc2nccs2)c(C)c1. The van der Waals surface area contributed by atoms with E-state index in [1.807, 2.05) is 32.0 Å². The van der Waals surface area contributed by atoms with E-state index in [-0.39, 0.29) is 24.7 Å². The standard InChI is InChI=1S/C15H17N3O2S/c1-10-3-4-12(11(2)9-10)17-13(19)5-6-14(20)18-15-16-7-8-21-15/h3-4,7-9H,5-6H2,1-2H3,(H,17,19)(H,16,18,20). The van der Waals surface area contributed by atoms with E-state index < -0.39 is 0 Å². The van der Waals surface area contributed by atoms with Gasteiger partial charge in [-0.05, 0) is 25.5 Å². The molecule has 2 amide bonds. The molecule has 0 atom stereocenters. The molecule has 6 heteroatoms. The number of amides is 2. The molecule has 1 aromatic carbocycles. The van der Waals surface area contributed by atoms with Gasteiger partial charge in [-0.1, -0.05) is 17.7 Å². The zero-order valence-electron chi connectivity index (χ0n) is 12.0. The number of carbonyl (C=O) groups is 2. The number of hydrogen-bond donors (Lipinski definition) is 2. The maximum absolute atomic E-state index is 11.9. The van der Waals surface area contributed by atoms with Crippen molar-refractivity contribution >= 4 is 34.0 Å². The first-order chi connectivity index (χ1) is 10.0. The molecule has 110 valence electrons. The van der Waals surface area contributed by atoms with Crippen molar-refractivity contribution in [1.29, 1.82) is 0 Å². The van der Waals surface area contributed by atoms with E-state index in [9.17, 15) is 9.59 Å². The Hall–Kier alpha value is -2.21. The molecule has 0 spiro atoms. The molecule has 0 saturated heterocycles. The highest BCUT2D eigenvalue weighted by atomic mass is 32.1. The van der Waals surface area contributed by atoms with Crippen molar-refractivity contribution < 1.29 is 9.59 Å². The van der Waals surface area contributed by atoms with Crippen LogP contribution in [0, 0.1) is 13.8 Å². The Morgan fingerprint density at radius 3 is 2.48 bits per heavy atom. The number of aryl methyl sites for hydroxylation is 2. The van der Waals surface area contributed by atoms with E-state index in [1.165, 1.54) is 11.3 Å². The summed E-state index contributed by atoms with van der Waals surface area (Å²) in [5.74, 6) is -0.378. The Morgan fingerprint density at radius 2 is 1.86 bits per heavy atom. The van der Waals surface area contributed by atoms with E-state index >= 15 is 0 Å². The van der Waals surface area contributed by atoms with Gasteiger partial charge in [-0.2, -0.15) is 0 Å². The summed E-state index contributed by atoms with van der Waals surface area (Å²) in [6, 6.07) is 5.82. The molecule has 1 heterocycles. The molecule has 0 radical (unpaired) electrons. The predicted molar refractivity (Wildman–Crippen MR) is 84.5 cm³/mol. The molecular weight excluding hydrogens is 286 g/mol. The zero-order chi connectivity index (χ0) is 15.2. The van der Waals surface area contributed by atoms with Crippen LogP contribution in [0.3, 0.4) is 0 Å². The summed E-state index contributed by atoms with van der Waals surface area (Å²) in [5, 5.41) is 7.80. The topological polar surface area (TPSA) is 71.1 Å². The molecule has 0 aliphatic carbocycles. The number of nitrogens with zero attached hydrogens (tertiary/aromatic N) is 1. The second-order valence-electron chi connectivity index (χ2n) is 4.75. The van der Waals surface area contributed by atoms with Gasteiger partial charge in [-0.3, -0.25) is 9.59 Å². The first kappa shape index (κ1) is 15.2. The smallest absolute Gasteiger partial charge is 0.226 e. The van der Waals surface area contributed by atoms with Crippen LogP contribution in [-0.2, 0) is 9.59 Å². The molecule has 0 unspecified atom stereocenters. The molecule has 0 saturated carbocycles. The molecular formula is C15H17N3O2S. The lowest BCUT2D eigenvalue weighted by Gasteiger charge is -2.09. The number of carbonyl (C=O) groups excluding carboxylic acids is 2. The van der Waals surface area contributed by atoms with Crippen molar-refractivity contribution in [1.82, 2.24) is 4.98 Å². The van der Waals surface area contributed by atoms with E-state index in [0.29, 0.717) is 5.13 Å². The van der Waals surface area contributed by atoms with Gasteiger partial charge >= 0.3 is 0 Å². The highest BCUT2D eigenvalue weighted by molar-refractivity contribution is 7.13. The summed E-state index contributed by atoms with van der Waals surface area (Å²) < 4.78 is 0. The van der Waals surface area contributed by atoms with Crippen molar-refractivity contribution in [3.8, 4) is 0 Å². The zero-order valence-corrected chi connectivity index (χ0v) is 12.8. The van der Waals surface area contributed by atoms with Gasteiger partial charge in [0.05, 0.1) is 0 Å². The van der Waals surface area contributed by atoms with Crippen LogP contribution in [0.4, 0.5) is 10.8 Å². The van der Waals surface area contributed by atoms with Crippen LogP contribution in [0.2, 0.25) is 0 Å². The summed E-state index contributed by atoms with van der Waals surface area (Å²) in [4.78, 5) is 27.5. The van der Waals surface area contributed by atoms with Crippen LogP contribution < -0.4 is 10.6 Å². The van der Waals surface area contributed by atoms with Gasteiger partial charge < -0.3 is 10.6 Å². The highest BCUT2D eigenvalue weighted by Crippen LogP contribution is 2.16. The summed E-state index contributed by atoms with van der Waals surface area (Å²) in [6.45, 7) is 3.94. The Morgan fingerprint density at radius 1 is 1.14 bits per heavy atom. The number of anilines is 2. The van der Waals surface area contributed by atoms with Crippen LogP contribution in [0.1, 0.15) is 24.0 Å². The maximum atomic E-state index is 11.9. The van der Waals surface area contributed by atoms with Gasteiger partial charge in [0.2, 0.25) is 11.8 Å². The minimum atomic E-state index is -0.208. The van der Waals surface area contributed by atoms with E-state index in [4.69, 9.17) is 0 Å². The normalized spacial score (nSPS) is 10.2. The van der Waals surface area contributed by atoms with E-state index in [2.05, 4.69) is 15.6 Å². The van der Waals surface area contributed by atoms with Crippen molar-refractivity contribution in [2.45, 2.75) is 26.7 Å². The van der Waals surface area contributed by atoms with Crippen LogP contribution in [0.5, 0.6) is 0 Å². The maximum Gasteiger partial charge on any atom is 0.226 e. The Kier molecular flexibility index (Phi) is 5.05. The van der Waals surface area contributed by atoms with Crippen molar-refractivity contribution in [2.24, 2.45) is 0 Å². The molecule has 5 nitrogen and oxygen atoms in total. The fourth-order valence-electron chi connectivity index (χ4n) is 1.86. The molecule has 2 N–H and O–H groups in total. The summed E-state index contributed by atoms with van der Waals surface area (Å²) >= 11 is 1.35. The van der Waals surface area contributed by atoms with Crippen LogP contribution >= 0.6 is 11.3 Å². The summed E-state index contributed by atoms with van der Waals surface area (Å²) in [7, 11) is 0. The van der Waals surface area contributed by atoms with Crippen LogP contribution in [-0.4, -0.2) is 16.8 Å². The van der Waals surface area contributed by atoms with Gasteiger partial charge in [-0.25, -0.2) is 4.98 Å². The first-order valence-electron chi connectivity index (χ1n) is 6.61. The van der Waals surface area contributed by atoms with Crippen LogP contribution in [0.25, 0.3) is 0 Å². The third kappa shape index (κ3) is 4.68. The lowest BCUT2D eigenvalue weighted by atomic mass is 10.1. The van der Waals surface area contributed by atoms with Crippen LogP contribution in [0.15, 0.2) is 29.8 Å². The van der Waals surface area contributed by atoms with Crippen molar-refractivity contribution in [3.63, 3.8) is 0 Å². The predicted octanol–water partition coefficient (Wildman–Crippen LogP) is 3.12. The third-order valence-corrected chi connectivity index (χ3v) is 3.60. The fraction of sp³-hybridized carbons (Fsp3) is 0.267. The number of aromatic nitrogens is 1. The highest BCUT2D eigenvalue weighted by Gasteiger charge is 2.09. The molecule has 2 aromatic rings. The van der Waals surface area contributed by atoms with Gasteiger partial charge in [0.1, 0.15) is 0 Å². The molecule has 2 rings (SSSR count). The molecule has 21 heavy (non-hydrogen) atoms. The van der Waals surface area contributed by atoms with E-state index in [0.717, 1.165) is 16.8 Å². The fourth-order valence-corrected chi connectivity index (χ4v) is 2.41. The molecule has 0 aliphatic heterocycles. The number of hydrogen-bond acceptors (Lipinski definition) is 4. The summed E-state index contributed by atoms with van der Waals surface area (Å²) in [5.41, 5.74) is 2.94. The average molecular weight is 303 g/mol. The van der Waals surface area contributed by atoms with Crippen molar-refractivity contribution in [3.05, 3.63) is 40.9 Å². The van der Waals surface area contributed by atoms with E-state index in [1.54, 1.807) is 11.6 Å². The lowest BCUT2D eigenvalue weighted by molar-refractivity contribution is -0.121. The van der Waals surface area contributed by atoms with Crippen molar-refractivity contribution in [2.75, 3.05) is 10.6 Å². The minimum Gasteiger partial charge on any atom is -0.326 e. The monoisotopic (exact) mass is 303 g/mol. The number of rotatable bonds is 5. The van der Waals surface area contributed by atoms with Gasteiger partial charge in [-0.15, -0.1) is 11.3 Å². The lowest BCUT2D eigenvalue weighted by Crippen LogP contribution is -2.17. The molecule has 1 aromatic heterocycles. The second-order valence-corrected chi connectivity index (χ2v) is 5.65. The molecule has 0 bridgehead atoms. The largest absolute Gasteiger partial charge is 0.326 e. The van der Waals surface area contributed by atoms with Gasteiger partial charge in [0.25, 0.3) is 0 Å². The average Bonchev–Trinajstić information content (AvgIpc) is 2.92. The third-order valence-electron chi connectivity index (χ3n) is 2.91. The first-order valence-corrected chi connectivity index (χ1v) is 7.49. The second kappa shape index (κ2) is 6.99. The quantitative estimate of drug-likeness (QED) is 0.891. The molecule has 0 aliphatic rings. The van der Waals surface area contributed by atoms with Gasteiger partial charge in [0, 0.05) is 30.1 Å². The minimum absolute atomic E-state index is 0.135. The Bertz CT molecular complexity index is 638. The number of thiazole rings is 1. The number of benzene rings is 1. The Balaban J connectivity index is 1.80. The summed E-state index contributed by atoms with van der Waals surface area (Å²) in [6.07, 6.45) is 1.90.